The van der Waals surface area contributed by atoms with Crippen molar-refractivity contribution in [3.05, 3.63) is 53.3 Å². The van der Waals surface area contributed by atoms with Crippen LogP contribution < -0.4 is 0 Å². The van der Waals surface area contributed by atoms with Crippen LogP contribution in [0.5, 0.6) is 0 Å². The van der Waals surface area contributed by atoms with Gasteiger partial charge in [0.15, 0.2) is 0 Å². The molecule has 0 amide bonds. The molecule has 1 aromatic carbocycles. The predicted molar refractivity (Wildman–Crippen MR) is 117 cm³/mol. The van der Waals surface area contributed by atoms with Crippen LogP contribution in [0.1, 0.15) is 43.0 Å². The molecule has 0 aliphatic carbocycles. The molecular weight excluding hydrogens is 360 g/mol. The molecule has 2 saturated heterocycles. The first kappa shape index (κ1) is 20.6. The third kappa shape index (κ3) is 4.90. The van der Waals surface area contributed by atoms with Crippen LogP contribution in [-0.2, 0) is 19.5 Å². The van der Waals surface area contributed by atoms with Gasteiger partial charge in [-0.3, -0.25) is 9.58 Å². The van der Waals surface area contributed by atoms with Crippen LogP contribution in [0.15, 0.2) is 36.5 Å². The molecule has 1 spiro atoms. The van der Waals surface area contributed by atoms with Gasteiger partial charge in [0.1, 0.15) is 0 Å². The Morgan fingerprint density at radius 2 is 1.90 bits per heavy atom. The molecule has 0 radical (unpaired) electrons. The highest BCUT2D eigenvalue weighted by Crippen LogP contribution is 2.40. The summed E-state index contributed by atoms with van der Waals surface area (Å²) in [5, 5.41) is 15.1. The molecular formula is C24H36N4O. The van der Waals surface area contributed by atoms with E-state index in [-0.39, 0.29) is 11.5 Å². The topological polar surface area (TPSA) is 44.5 Å². The number of aromatic nitrogens is 2. The zero-order valence-corrected chi connectivity index (χ0v) is 18.1. The standard InChI is InChI=1S/C24H36N4O/c1-3-28-20(2)22(16-25-28)17-27-18-23(29)15-24(19-27)10-13-26(14-11-24)12-9-21-7-5-4-6-8-21/h4-8,16,23,29H,3,9-15,17-19H2,1-2H3. The molecule has 2 fully saturated rings. The first-order chi connectivity index (χ1) is 14.1. The molecule has 5 heteroatoms. The van der Waals surface area contributed by atoms with Gasteiger partial charge in [0, 0.05) is 44.0 Å². The lowest BCUT2D eigenvalue weighted by Gasteiger charge is -2.49. The number of aliphatic hydroxyl groups is 1. The van der Waals surface area contributed by atoms with Crippen LogP contribution in [-0.4, -0.2) is 63.5 Å². The van der Waals surface area contributed by atoms with E-state index >= 15 is 0 Å². The van der Waals surface area contributed by atoms with Crippen molar-refractivity contribution in [2.24, 2.45) is 5.41 Å². The Hall–Kier alpha value is -1.69. The Morgan fingerprint density at radius 3 is 2.59 bits per heavy atom. The molecule has 1 N–H and O–H groups in total. The number of hydrogen-bond donors (Lipinski definition) is 1. The summed E-state index contributed by atoms with van der Waals surface area (Å²) in [4.78, 5) is 5.08. The highest BCUT2D eigenvalue weighted by molar-refractivity contribution is 5.17. The number of hydrogen-bond acceptors (Lipinski definition) is 4. The number of aliphatic hydroxyl groups excluding tert-OH is 1. The van der Waals surface area contributed by atoms with Gasteiger partial charge in [-0.15, -0.1) is 0 Å². The minimum Gasteiger partial charge on any atom is -0.392 e. The van der Waals surface area contributed by atoms with E-state index in [0.717, 1.165) is 58.7 Å². The average molecular weight is 397 g/mol. The van der Waals surface area contributed by atoms with Gasteiger partial charge in [-0.2, -0.15) is 5.10 Å². The van der Waals surface area contributed by atoms with E-state index in [1.54, 1.807) is 0 Å². The Balaban J connectivity index is 1.32. The summed E-state index contributed by atoms with van der Waals surface area (Å²) in [6, 6.07) is 10.8. The zero-order valence-electron chi connectivity index (χ0n) is 18.1. The zero-order chi connectivity index (χ0) is 20.3. The molecule has 2 aliphatic heterocycles. The van der Waals surface area contributed by atoms with Gasteiger partial charge in [0.25, 0.3) is 0 Å². The number of nitrogens with zero attached hydrogens (tertiary/aromatic N) is 4. The highest BCUT2D eigenvalue weighted by Gasteiger charge is 2.41. The lowest BCUT2D eigenvalue weighted by molar-refractivity contribution is -0.0435. The van der Waals surface area contributed by atoms with E-state index < -0.39 is 0 Å². The molecule has 158 valence electrons. The number of piperidine rings is 2. The maximum absolute atomic E-state index is 10.6. The number of likely N-dealkylation sites (tertiary alicyclic amines) is 2. The number of rotatable bonds is 6. The fourth-order valence-corrected chi connectivity index (χ4v) is 5.33. The molecule has 1 aromatic heterocycles. The van der Waals surface area contributed by atoms with Crippen molar-refractivity contribution in [3.63, 3.8) is 0 Å². The maximum atomic E-state index is 10.6. The van der Waals surface area contributed by atoms with Crippen molar-refractivity contribution in [2.45, 2.75) is 58.7 Å². The third-order valence-electron chi connectivity index (χ3n) is 7.07. The van der Waals surface area contributed by atoms with Gasteiger partial charge < -0.3 is 10.0 Å². The van der Waals surface area contributed by atoms with E-state index in [2.05, 4.69) is 63.8 Å². The molecule has 2 aliphatic rings. The molecule has 4 rings (SSSR count). The van der Waals surface area contributed by atoms with Crippen LogP contribution >= 0.6 is 0 Å². The van der Waals surface area contributed by atoms with E-state index in [9.17, 15) is 5.11 Å². The second-order valence-electron chi connectivity index (χ2n) is 9.18. The van der Waals surface area contributed by atoms with Gasteiger partial charge in [-0.1, -0.05) is 30.3 Å². The Bertz CT molecular complexity index is 779. The maximum Gasteiger partial charge on any atom is 0.0673 e. The summed E-state index contributed by atoms with van der Waals surface area (Å²) >= 11 is 0. The lowest BCUT2D eigenvalue weighted by atomic mass is 9.71. The fraction of sp³-hybridized carbons (Fsp3) is 0.625. The molecule has 5 nitrogen and oxygen atoms in total. The van der Waals surface area contributed by atoms with Crippen molar-refractivity contribution >= 4 is 0 Å². The Morgan fingerprint density at radius 1 is 1.14 bits per heavy atom. The van der Waals surface area contributed by atoms with E-state index in [1.165, 1.54) is 29.7 Å². The number of benzene rings is 1. The van der Waals surface area contributed by atoms with E-state index in [4.69, 9.17) is 0 Å². The summed E-state index contributed by atoms with van der Waals surface area (Å²) in [5.41, 5.74) is 4.26. The molecule has 29 heavy (non-hydrogen) atoms. The van der Waals surface area contributed by atoms with Crippen molar-refractivity contribution < 1.29 is 5.11 Å². The van der Waals surface area contributed by atoms with Crippen LogP contribution in [0.2, 0.25) is 0 Å². The molecule has 0 saturated carbocycles. The average Bonchev–Trinajstić information content (AvgIpc) is 3.07. The lowest BCUT2D eigenvalue weighted by Crippen LogP contribution is -2.53. The van der Waals surface area contributed by atoms with Crippen molar-refractivity contribution in [2.75, 3.05) is 32.7 Å². The minimum atomic E-state index is -0.207. The summed E-state index contributed by atoms with van der Waals surface area (Å²) in [5.74, 6) is 0. The van der Waals surface area contributed by atoms with Crippen molar-refractivity contribution in [3.8, 4) is 0 Å². The quantitative estimate of drug-likeness (QED) is 0.815. The number of β-amino-alcohol motifs (C(OH)–C–C–N with tert-alkyl or cyclic N) is 1. The SMILES string of the molecule is CCn1ncc(CN2CC(O)CC3(CCN(CCc4ccccc4)CC3)C2)c1C. The molecule has 0 bridgehead atoms. The first-order valence-electron chi connectivity index (χ1n) is 11.2. The van der Waals surface area contributed by atoms with Crippen molar-refractivity contribution in [1.29, 1.82) is 0 Å². The monoisotopic (exact) mass is 396 g/mol. The van der Waals surface area contributed by atoms with Crippen LogP contribution in [0, 0.1) is 12.3 Å². The summed E-state index contributed by atoms with van der Waals surface area (Å²) in [6.07, 6.45) is 6.29. The van der Waals surface area contributed by atoms with Gasteiger partial charge in [0.2, 0.25) is 0 Å². The molecule has 1 atom stereocenters. The summed E-state index contributed by atoms with van der Waals surface area (Å²) in [7, 11) is 0. The summed E-state index contributed by atoms with van der Waals surface area (Å²) in [6.45, 7) is 11.5. The van der Waals surface area contributed by atoms with Crippen LogP contribution in [0.25, 0.3) is 0 Å². The normalized spacial score (nSPS) is 22.9. The molecule has 2 aromatic rings. The van der Waals surface area contributed by atoms with E-state index in [1.807, 2.05) is 6.20 Å². The van der Waals surface area contributed by atoms with Gasteiger partial charge in [-0.05, 0) is 63.6 Å². The predicted octanol–water partition coefficient (Wildman–Crippen LogP) is 3.10. The fourth-order valence-electron chi connectivity index (χ4n) is 5.33. The van der Waals surface area contributed by atoms with Gasteiger partial charge in [0.05, 0.1) is 12.3 Å². The Kier molecular flexibility index (Phi) is 6.38. The molecule has 3 heterocycles. The smallest absolute Gasteiger partial charge is 0.0673 e. The second kappa shape index (κ2) is 8.99. The second-order valence-corrected chi connectivity index (χ2v) is 9.18. The Labute approximate surface area is 175 Å². The van der Waals surface area contributed by atoms with Crippen LogP contribution in [0.4, 0.5) is 0 Å². The van der Waals surface area contributed by atoms with Gasteiger partial charge >= 0.3 is 0 Å². The largest absolute Gasteiger partial charge is 0.392 e. The van der Waals surface area contributed by atoms with Crippen LogP contribution in [0.3, 0.4) is 0 Å². The number of aryl methyl sites for hydroxylation is 1. The minimum absolute atomic E-state index is 0.207. The highest BCUT2D eigenvalue weighted by atomic mass is 16.3. The molecule has 1 unspecified atom stereocenters. The van der Waals surface area contributed by atoms with E-state index in [0.29, 0.717) is 0 Å². The first-order valence-corrected chi connectivity index (χ1v) is 11.2. The van der Waals surface area contributed by atoms with Gasteiger partial charge in [-0.25, -0.2) is 0 Å². The third-order valence-corrected chi connectivity index (χ3v) is 7.07. The van der Waals surface area contributed by atoms with Crippen molar-refractivity contribution in [1.82, 2.24) is 19.6 Å². The summed E-state index contributed by atoms with van der Waals surface area (Å²) < 4.78 is 2.07.